The van der Waals surface area contributed by atoms with E-state index in [4.69, 9.17) is 16.3 Å². The maximum atomic E-state index is 6.39. The van der Waals surface area contributed by atoms with Crippen molar-refractivity contribution >= 4 is 29.1 Å². The molecule has 1 aliphatic rings. The summed E-state index contributed by atoms with van der Waals surface area (Å²) in [4.78, 5) is 2.46. The van der Waals surface area contributed by atoms with Crippen LogP contribution in [0.4, 0.5) is 5.69 Å². The predicted molar refractivity (Wildman–Crippen MR) is 89.2 cm³/mol. The Kier molecular flexibility index (Phi) is 6.49. The van der Waals surface area contributed by atoms with Gasteiger partial charge in [-0.1, -0.05) is 24.6 Å². The van der Waals surface area contributed by atoms with Crippen LogP contribution in [-0.2, 0) is 11.3 Å². The first-order valence-electron chi connectivity index (χ1n) is 7.06. The van der Waals surface area contributed by atoms with Crippen LogP contribution in [0.1, 0.15) is 12.5 Å². The highest BCUT2D eigenvalue weighted by Gasteiger charge is 2.20. The van der Waals surface area contributed by atoms with Gasteiger partial charge in [0, 0.05) is 60.6 Å². The molecule has 2 rings (SSSR count). The van der Waals surface area contributed by atoms with Crippen LogP contribution in [0.25, 0.3) is 0 Å². The Morgan fingerprint density at radius 3 is 3.10 bits per heavy atom. The minimum Gasteiger partial charge on any atom is -0.383 e. The highest BCUT2D eigenvalue weighted by Crippen LogP contribution is 2.30. The monoisotopic (exact) mass is 314 g/mol. The number of anilines is 1. The van der Waals surface area contributed by atoms with Crippen molar-refractivity contribution in [3.05, 3.63) is 28.8 Å². The molecule has 0 amide bonds. The number of thioether (sulfide) groups is 1. The number of methoxy groups -OCH3 is 1. The third kappa shape index (κ3) is 4.29. The quantitative estimate of drug-likeness (QED) is 0.816. The van der Waals surface area contributed by atoms with E-state index in [0.717, 1.165) is 37.8 Å². The Hall–Kier alpha value is -0.420. The lowest BCUT2D eigenvalue weighted by atomic mass is 10.1. The van der Waals surface area contributed by atoms with E-state index in [2.05, 4.69) is 23.2 Å². The number of halogens is 1. The summed E-state index contributed by atoms with van der Waals surface area (Å²) in [5.41, 5.74) is 2.47. The van der Waals surface area contributed by atoms with Gasteiger partial charge in [-0.05, 0) is 12.1 Å². The van der Waals surface area contributed by atoms with Gasteiger partial charge in [0.1, 0.15) is 0 Å². The summed E-state index contributed by atoms with van der Waals surface area (Å²) in [5, 5.41) is 4.92. The molecule has 5 heteroatoms. The molecule has 1 aromatic rings. The molecule has 1 unspecified atom stereocenters. The standard InChI is InChI=1S/C15H23ClN2OS/c1-12-11-18(7-9-20-12)15-5-3-4-14(16)13(15)10-17-6-8-19-2/h3-5,12,17H,6-11H2,1-2H3. The number of nitrogens with one attached hydrogen (secondary N) is 1. The predicted octanol–water partition coefficient (Wildman–Crippen LogP) is 3.02. The summed E-state index contributed by atoms with van der Waals surface area (Å²) < 4.78 is 5.06. The summed E-state index contributed by atoms with van der Waals surface area (Å²) in [6.45, 7) is 6.83. The molecule has 1 atom stereocenters. The first kappa shape index (κ1) is 16.0. The fourth-order valence-corrected chi connectivity index (χ4v) is 3.69. The average molecular weight is 315 g/mol. The van der Waals surface area contributed by atoms with Gasteiger partial charge in [-0.3, -0.25) is 0 Å². The number of benzene rings is 1. The zero-order valence-corrected chi connectivity index (χ0v) is 13.8. The van der Waals surface area contributed by atoms with Crippen molar-refractivity contribution in [2.24, 2.45) is 0 Å². The third-order valence-electron chi connectivity index (χ3n) is 3.46. The van der Waals surface area contributed by atoms with Crippen LogP contribution < -0.4 is 10.2 Å². The molecule has 3 nitrogen and oxygen atoms in total. The van der Waals surface area contributed by atoms with Crippen molar-refractivity contribution in [2.75, 3.05) is 44.0 Å². The molecule has 1 fully saturated rings. The second-order valence-electron chi connectivity index (χ2n) is 5.03. The fraction of sp³-hybridized carbons (Fsp3) is 0.600. The summed E-state index contributed by atoms with van der Waals surface area (Å²) in [6, 6.07) is 6.20. The smallest absolute Gasteiger partial charge is 0.0587 e. The van der Waals surface area contributed by atoms with Crippen molar-refractivity contribution in [3.63, 3.8) is 0 Å². The summed E-state index contributed by atoms with van der Waals surface area (Å²) >= 11 is 8.44. The fourth-order valence-electron chi connectivity index (χ4n) is 2.44. The number of nitrogens with zero attached hydrogens (tertiary/aromatic N) is 1. The maximum absolute atomic E-state index is 6.39. The van der Waals surface area contributed by atoms with Crippen LogP contribution in [0, 0.1) is 0 Å². The van der Waals surface area contributed by atoms with E-state index in [1.165, 1.54) is 17.0 Å². The number of hydrogen-bond donors (Lipinski definition) is 1. The first-order valence-corrected chi connectivity index (χ1v) is 8.48. The minimum absolute atomic E-state index is 0.678. The largest absolute Gasteiger partial charge is 0.383 e. The SMILES string of the molecule is COCCNCc1c(Cl)cccc1N1CCSC(C)C1. The molecule has 20 heavy (non-hydrogen) atoms. The van der Waals surface area contributed by atoms with E-state index in [0.29, 0.717) is 5.25 Å². The zero-order chi connectivity index (χ0) is 14.4. The van der Waals surface area contributed by atoms with Crippen LogP contribution in [-0.4, -0.2) is 44.4 Å². The van der Waals surface area contributed by atoms with Crippen LogP contribution in [0.2, 0.25) is 5.02 Å². The van der Waals surface area contributed by atoms with Crippen LogP contribution >= 0.6 is 23.4 Å². The molecule has 112 valence electrons. The molecule has 0 spiro atoms. The van der Waals surface area contributed by atoms with Gasteiger partial charge in [0.05, 0.1) is 6.61 Å². The highest BCUT2D eigenvalue weighted by atomic mass is 35.5. The molecule has 0 aromatic heterocycles. The summed E-state index contributed by atoms with van der Waals surface area (Å²) in [6.07, 6.45) is 0. The maximum Gasteiger partial charge on any atom is 0.0587 e. The van der Waals surface area contributed by atoms with Gasteiger partial charge in [0.2, 0.25) is 0 Å². The molecule has 0 saturated carbocycles. The van der Waals surface area contributed by atoms with Crippen molar-refractivity contribution in [3.8, 4) is 0 Å². The highest BCUT2D eigenvalue weighted by molar-refractivity contribution is 8.00. The molecule has 1 saturated heterocycles. The summed E-state index contributed by atoms with van der Waals surface area (Å²) in [5.74, 6) is 1.18. The molecule has 0 aliphatic carbocycles. The topological polar surface area (TPSA) is 24.5 Å². The van der Waals surface area contributed by atoms with Crippen LogP contribution in [0.5, 0.6) is 0 Å². The third-order valence-corrected chi connectivity index (χ3v) is 4.95. The van der Waals surface area contributed by atoms with Gasteiger partial charge in [-0.25, -0.2) is 0 Å². The molecule has 1 aliphatic heterocycles. The van der Waals surface area contributed by atoms with Gasteiger partial charge in [-0.15, -0.1) is 0 Å². The van der Waals surface area contributed by atoms with E-state index in [-0.39, 0.29) is 0 Å². The van der Waals surface area contributed by atoms with Crippen molar-refractivity contribution in [1.82, 2.24) is 5.32 Å². The van der Waals surface area contributed by atoms with Crippen LogP contribution in [0.15, 0.2) is 18.2 Å². The Balaban J connectivity index is 2.09. The van der Waals surface area contributed by atoms with Crippen LogP contribution in [0.3, 0.4) is 0 Å². The van der Waals surface area contributed by atoms with E-state index in [1.54, 1.807) is 7.11 Å². The Morgan fingerprint density at radius 2 is 2.35 bits per heavy atom. The van der Waals surface area contributed by atoms with E-state index >= 15 is 0 Å². The second-order valence-corrected chi connectivity index (χ2v) is 6.99. The van der Waals surface area contributed by atoms with Crippen molar-refractivity contribution in [1.29, 1.82) is 0 Å². The lowest BCUT2D eigenvalue weighted by molar-refractivity contribution is 0.199. The zero-order valence-electron chi connectivity index (χ0n) is 12.2. The van der Waals surface area contributed by atoms with Gasteiger partial charge in [0.15, 0.2) is 0 Å². The molecule has 0 bridgehead atoms. The second kappa shape index (κ2) is 8.13. The van der Waals surface area contributed by atoms with Gasteiger partial charge in [-0.2, -0.15) is 11.8 Å². The Labute approximate surface area is 131 Å². The van der Waals surface area contributed by atoms with Crippen molar-refractivity contribution < 1.29 is 4.74 Å². The van der Waals surface area contributed by atoms with Gasteiger partial charge in [0.25, 0.3) is 0 Å². The molecule has 1 heterocycles. The lowest BCUT2D eigenvalue weighted by Crippen LogP contribution is -2.37. The normalized spacial score (nSPS) is 19.4. The molecule has 0 radical (unpaired) electrons. The average Bonchev–Trinajstić information content (AvgIpc) is 2.45. The number of hydrogen-bond acceptors (Lipinski definition) is 4. The number of ether oxygens (including phenoxy) is 1. The lowest BCUT2D eigenvalue weighted by Gasteiger charge is -2.34. The summed E-state index contributed by atoms with van der Waals surface area (Å²) in [7, 11) is 1.72. The Bertz CT molecular complexity index is 430. The minimum atomic E-state index is 0.678. The van der Waals surface area contributed by atoms with E-state index in [1.807, 2.05) is 23.9 Å². The van der Waals surface area contributed by atoms with E-state index in [9.17, 15) is 0 Å². The first-order chi connectivity index (χ1) is 9.72. The molecular weight excluding hydrogens is 292 g/mol. The molecular formula is C15H23ClN2OS. The Morgan fingerprint density at radius 1 is 1.50 bits per heavy atom. The van der Waals surface area contributed by atoms with Gasteiger partial charge < -0.3 is 15.0 Å². The molecule has 1 N–H and O–H groups in total. The molecule has 1 aromatic carbocycles. The van der Waals surface area contributed by atoms with Gasteiger partial charge >= 0.3 is 0 Å². The van der Waals surface area contributed by atoms with E-state index < -0.39 is 0 Å². The number of rotatable bonds is 6. The van der Waals surface area contributed by atoms with Crippen molar-refractivity contribution in [2.45, 2.75) is 18.7 Å².